The molecule has 0 aliphatic carbocycles. The zero-order chi connectivity index (χ0) is 21.3. The van der Waals surface area contributed by atoms with Crippen molar-refractivity contribution in [3.8, 4) is 5.75 Å². The normalized spacial score (nSPS) is 13.1. The molecular formula is C24H30O4. The molecule has 0 aliphatic rings. The van der Waals surface area contributed by atoms with Gasteiger partial charge in [-0.1, -0.05) is 84.0 Å². The fourth-order valence-corrected chi connectivity index (χ4v) is 3.25. The molecule has 0 bridgehead atoms. The molecule has 0 aromatic heterocycles. The van der Waals surface area contributed by atoms with E-state index in [4.69, 9.17) is 4.74 Å². The number of ketones is 1. The fraction of sp³-hybridized carbons (Fsp3) is 0.417. The Hall–Kier alpha value is -2.62. The molecule has 0 aliphatic heterocycles. The molecule has 2 rings (SSSR count). The Morgan fingerprint density at radius 1 is 0.893 bits per heavy atom. The van der Waals surface area contributed by atoms with Crippen molar-refractivity contribution >= 4 is 11.8 Å². The summed E-state index contributed by atoms with van der Waals surface area (Å²) in [5, 5.41) is 10.9. The minimum atomic E-state index is -1.09. The van der Waals surface area contributed by atoms with Crippen molar-refractivity contribution in [3.05, 3.63) is 64.7 Å². The summed E-state index contributed by atoms with van der Waals surface area (Å²) in [7, 11) is 1.28. The Kier molecular flexibility index (Phi) is 6.03. The highest BCUT2D eigenvalue weighted by molar-refractivity contribution is 6.13. The van der Waals surface area contributed by atoms with E-state index in [1.165, 1.54) is 7.11 Å². The van der Waals surface area contributed by atoms with Crippen LogP contribution in [0, 0.1) is 0 Å². The number of methoxy groups -OCH3 is 1. The van der Waals surface area contributed by atoms with Crippen LogP contribution in [-0.4, -0.2) is 24.0 Å². The van der Waals surface area contributed by atoms with Crippen LogP contribution < -0.4 is 0 Å². The van der Waals surface area contributed by atoms with E-state index < -0.39 is 11.9 Å². The topological polar surface area (TPSA) is 63.6 Å². The Balaban J connectivity index is 2.76. The predicted molar refractivity (Wildman–Crippen MR) is 111 cm³/mol. The molecular weight excluding hydrogens is 352 g/mol. The number of esters is 1. The van der Waals surface area contributed by atoms with Gasteiger partial charge in [0.25, 0.3) is 0 Å². The molecule has 0 spiro atoms. The molecule has 1 atom stereocenters. The minimum Gasteiger partial charge on any atom is -0.507 e. The molecule has 4 nitrogen and oxygen atoms in total. The van der Waals surface area contributed by atoms with Gasteiger partial charge in [-0.05, 0) is 27.5 Å². The van der Waals surface area contributed by atoms with Crippen LogP contribution in [-0.2, 0) is 20.4 Å². The lowest BCUT2D eigenvalue weighted by atomic mass is 9.76. The van der Waals surface area contributed by atoms with Gasteiger partial charge < -0.3 is 9.84 Å². The van der Waals surface area contributed by atoms with Crippen molar-refractivity contribution in [2.75, 3.05) is 7.11 Å². The van der Waals surface area contributed by atoms with Gasteiger partial charge in [-0.15, -0.1) is 0 Å². The Morgan fingerprint density at radius 3 is 1.75 bits per heavy atom. The van der Waals surface area contributed by atoms with Crippen LogP contribution in [0.4, 0.5) is 0 Å². The number of aromatic hydroxyl groups is 1. The average Bonchev–Trinajstić information content (AvgIpc) is 2.61. The second-order valence-electron chi connectivity index (χ2n) is 9.15. The third-order valence-electron chi connectivity index (χ3n) is 4.84. The van der Waals surface area contributed by atoms with Gasteiger partial charge in [-0.3, -0.25) is 9.59 Å². The zero-order valence-electron chi connectivity index (χ0n) is 17.8. The third-order valence-corrected chi connectivity index (χ3v) is 4.84. The number of hydrogen-bond acceptors (Lipinski definition) is 4. The van der Waals surface area contributed by atoms with Gasteiger partial charge >= 0.3 is 5.97 Å². The molecule has 1 unspecified atom stereocenters. The molecule has 2 aromatic carbocycles. The Bertz CT molecular complexity index is 833. The van der Waals surface area contributed by atoms with Crippen molar-refractivity contribution < 1.29 is 19.4 Å². The van der Waals surface area contributed by atoms with Gasteiger partial charge in [0.2, 0.25) is 0 Å². The number of carbonyl (C=O) groups is 2. The smallest absolute Gasteiger partial charge is 0.321 e. The van der Waals surface area contributed by atoms with Gasteiger partial charge in [-0.2, -0.15) is 0 Å². The summed E-state index contributed by atoms with van der Waals surface area (Å²) >= 11 is 0. The van der Waals surface area contributed by atoms with E-state index in [0.29, 0.717) is 22.3 Å². The maximum absolute atomic E-state index is 13.2. The summed E-state index contributed by atoms with van der Waals surface area (Å²) in [6.07, 6.45) is 0. The second kappa shape index (κ2) is 7.78. The number of benzene rings is 2. The molecule has 28 heavy (non-hydrogen) atoms. The van der Waals surface area contributed by atoms with Crippen molar-refractivity contribution in [1.29, 1.82) is 0 Å². The highest BCUT2D eigenvalue weighted by Gasteiger charge is 2.34. The van der Waals surface area contributed by atoms with Gasteiger partial charge in [0.1, 0.15) is 11.7 Å². The molecule has 1 N–H and O–H groups in total. The van der Waals surface area contributed by atoms with E-state index in [2.05, 4.69) is 0 Å². The zero-order valence-corrected chi connectivity index (χ0v) is 17.8. The number of rotatable bonds is 4. The first-order chi connectivity index (χ1) is 12.9. The summed E-state index contributed by atoms with van der Waals surface area (Å²) < 4.78 is 4.97. The summed E-state index contributed by atoms with van der Waals surface area (Å²) in [6.45, 7) is 11.9. The Labute approximate surface area is 167 Å². The number of phenolic OH excluding ortho intramolecular Hbond substituents is 1. The highest BCUT2D eigenvalue weighted by Crippen LogP contribution is 2.41. The van der Waals surface area contributed by atoms with Gasteiger partial charge in [0, 0.05) is 5.56 Å². The largest absolute Gasteiger partial charge is 0.507 e. The SMILES string of the molecule is COC(=O)C(C(=O)c1ccccc1)c1cc(C(C)(C)C)c(O)c(C(C)(C)C)c1. The molecule has 0 radical (unpaired) electrons. The van der Waals surface area contributed by atoms with Crippen LogP contribution in [0.5, 0.6) is 5.75 Å². The lowest BCUT2D eigenvalue weighted by Crippen LogP contribution is -2.26. The molecule has 0 saturated carbocycles. The lowest BCUT2D eigenvalue weighted by Gasteiger charge is -2.29. The number of phenols is 1. The van der Waals surface area contributed by atoms with Crippen molar-refractivity contribution in [2.45, 2.75) is 58.3 Å². The van der Waals surface area contributed by atoms with E-state index >= 15 is 0 Å². The summed E-state index contributed by atoms with van der Waals surface area (Å²) in [6, 6.07) is 12.2. The van der Waals surface area contributed by atoms with Crippen LogP contribution in [0.3, 0.4) is 0 Å². The van der Waals surface area contributed by atoms with Gasteiger partial charge in [0.05, 0.1) is 7.11 Å². The first kappa shape index (κ1) is 21.7. The minimum absolute atomic E-state index is 0.208. The summed E-state index contributed by atoms with van der Waals surface area (Å²) in [5.74, 6) is -1.81. The van der Waals surface area contributed by atoms with Crippen LogP contribution >= 0.6 is 0 Å². The monoisotopic (exact) mass is 382 g/mol. The molecule has 0 saturated heterocycles. The van der Waals surface area contributed by atoms with Crippen molar-refractivity contribution in [2.24, 2.45) is 0 Å². The van der Waals surface area contributed by atoms with Gasteiger partial charge in [0.15, 0.2) is 5.78 Å². The molecule has 0 heterocycles. The van der Waals surface area contributed by atoms with Crippen LogP contribution in [0.15, 0.2) is 42.5 Å². The molecule has 4 heteroatoms. The van der Waals surface area contributed by atoms with E-state index in [0.717, 1.165) is 0 Å². The maximum Gasteiger partial charge on any atom is 0.321 e. The lowest BCUT2D eigenvalue weighted by molar-refractivity contribution is -0.141. The standard InChI is InChI=1S/C24H30O4/c1-23(2,3)17-13-16(14-18(21(17)26)24(4,5)6)19(22(27)28-7)20(25)15-11-9-8-10-12-15/h8-14,19,26H,1-7H3. The first-order valence-corrected chi connectivity index (χ1v) is 9.43. The second-order valence-corrected chi connectivity index (χ2v) is 9.15. The number of Topliss-reactive ketones (excluding diaryl/α,β-unsaturated/α-hetero) is 1. The van der Waals surface area contributed by atoms with E-state index in [-0.39, 0.29) is 22.4 Å². The molecule has 0 fully saturated rings. The Morgan fingerprint density at radius 2 is 1.36 bits per heavy atom. The highest BCUT2D eigenvalue weighted by atomic mass is 16.5. The molecule has 150 valence electrons. The molecule has 0 amide bonds. The predicted octanol–water partition coefficient (Wildman–Crippen LogP) is 5.13. The van der Waals surface area contributed by atoms with Crippen molar-refractivity contribution in [3.63, 3.8) is 0 Å². The van der Waals surface area contributed by atoms with E-state index in [1.807, 2.05) is 47.6 Å². The number of ether oxygens (including phenoxy) is 1. The van der Waals surface area contributed by atoms with E-state index in [1.54, 1.807) is 36.4 Å². The van der Waals surface area contributed by atoms with E-state index in [9.17, 15) is 14.7 Å². The fourth-order valence-electron chi connectivity index (χ4n) is 3.25. The quantitative estimate of drug-likeness (QED) is 0.452. The average molecular weight is 383 g/mol. The summed E-state index contributed by atoms with van der Waals surface area (Å²) in [5.41, 5.74) is 1.65. The maximum atomic E-state index is 13.2. The summed E-state index contributed by atoms with van der Waals surface area (Å²) in [4.78, 5) is 25.8. The van der Waals surface area contributed by atoms with Crippen LogP contribution in [0.1, 0.15) is 74.5 Å². The number of carbonyl (C=O) groups excluding carboxylic acids is 2. The van der Waals surface area contributed by atoms with Crippen LogP contribution in [0.2, 0.25) is 0 Å². The third kappa shape index (κ3) is 4.44. The molecule has 2 aromatic rings. The number of hydrogen-bond donors (Lipinski definition) is 1. The van der Waals surface area contributed by atoms with Crippen molar-refractivity contribution in [1.82, 2.24) is 0 Å². The van der Waals surface area contributed by atoms with Crippen LogP contribution in [0.25, 0.3) is 0 Å². The first-order valence-electron chi connectivity index (χ1n) is 9.43. The van der Waals surface area contributed by atoms with Gasteiger partial charge in [-0.25, -0.2) is 0 Å².